The van der Waals surface area contributed by atoms with Gasteiger partial charge in [-0.25, -0.2) is 8.42 Å². The summed E-state index contributed by atoms with van der Waals surface area (Å²) >= 11 is 0. The molecule has 0 atom stereocenters. The quantitative estimate of drug-likeness (QED) is 0.551. The molecule has 0 aromatic heterocycles. The van der Waals surface area contributed by atoms with E-state index in [4.69, 9.17) is 4.74 Å². The average Bonchev–Trinajstić information content (AvgIpc) is 2.28. The Kier molecular flexibility index (Phi) is 5.15. The van der Waals surface area contributed by atoms with Gasteiger partial charge in [-0.1, -0.05) is 0 Å². The first-order chi connectivity index (χ1) is 8.04. The monoisotopic (exact) mass is 256 g/mol. The Bertz CT molecular complexity index is 448. The summed E-state index contributed by atoms with van der Waals surface area (Å²) in [6, 6.07) is 6.32. The number of hydrogen-bond acceptors (Lipinski definition) is 4. The highest BCUT2D eigenvalue weighted by Gasteiger charge is 2.06. The molecule has 4 nitrogen and oxygen atoms in total. The molecule has 0 saturated carbocycles. The summed E-state index contributed by atoms with van der Waals surface area (Å²) in [7, 11) is -3.15. The fraction of sp³-hybridized carbons (Fsp3) is 0.417. The number of benzene rings is 1. The third-order valence-electron chi connectivity index (χ3n) is 2.24. The minimum atomic E-state index is -3.15. The molecule has 1 aromatic carbocycles. The van der Waals surface area contributed by atoms with Crippen molar-refractivity contribution in [2.24, 2.45) is 0 Å². The second kappa shape index (κ2) is 6.39. The lowest BCUT2D eigenvalue weighted by atomic mass is 10.2. The maximum absolute atomic E-state index is 11.2. The summed E-state index contributed by atoms with van der Waals surface area (Å²) in [5.41, 5.74) is 0. The topological polar surface area (TPSA) is 60.4 Å². The van der Waals surface area contributed by atoms with Crippen LogP contribution in [0.1, 0.15) is 19.3 Å². The molecule has 0 aliphatic carbocycles. The molecule has 0 bridgehead atoms. The molecule has 94 valence electrons. The van der Waals surface area contributed by atoms with Gasteiger partial charge in [0.2, 0.25) is 0 Å². The van der Waals surface area contributed by atoms with Gasteiger partial charge >= 0.3 is 0 Å². The molecule has 1 rings (SSSR count). The molecule has 0 N–H and O–H groups in total. The Hall–Kier alpha value is -1.36. The molecular weight excluding hydrogens is 240 g/mol. The molecule has 0 unspecified atom stereocenters. The van der Waals surface area contributed by atoms with E-state index in [1.165, 1.54) is 18.4 Å². The zero-order valence-corrected chi connectivity index (χ0v) is 10.6. The zero-order chi connectivity index (χ0) is 12.7. The minimum Gasteiger partial charge on any atom is -0.494 e. The Labute approximate surface area is 102 Å². The lowest BCUT2D eigenvalue weighted by molar-refractivity contribution is -0.107. The van der Waals surface area contributed by atoms with E-state index in [0.717, 1.165) is 19.1 Å². The van der Waals surface area contributed by atoms with Crippen LogP contribution in [-0.4, -0.2) is 27.6 Å². The summed E-state index contributed by atoms with van der Waals surface area (Å²) in [6.07, 6.45) is 4.23. The van der Waals surface area contributed by atoms with Crippen LogP contribution in [0.5, 0.6) is 5.75 Å². The van der Waals surface area contributed by atoms with Crippen LogP contribution in [-0.2, 0) is 14.6 Å². The SMILES string of the molecule is CS(=O)(=O)c1ccc(OCCCCC=O)cc1. The van der Waals surface area contributed by atoms with Crippen molar-refractivity contribution in [1.29, 1.82) is 0 Å². The number of unbranched alkanes of at least 4 members (excludes halogenated alkanes) is 2. The van der Waals surface area contributed by atoms with Crippen molar-refractivity contribution >= 4 is 16.1 Å². The highest BCUT2D eigenvalue weighted by atomic mass is 32.2. The van der Waals surface area contributed by atoms with Crippen molar-refractivity contribution < 1.29 is 17.9 Å². The van der Waals surface area contributed by atoms with Crippen molar-refractivity contribution in [3.63, 3.8) is 0 Å². The van der Waals surface area contributed by atoms with Gasteiger partial charge in [0, 0.05) is 12.7 Å². The minimum absolute atomic E-state index is 0.283. The van der Waals surface area contributed by atoms with Crippen LogP contribution < -0.4 is 4.74 Å². The molecule has 5 heteroatoms. The predicted octanol–water partition coefficient (Wildman–Crippen LogP) is 1.84. The van der Waals surface area contributed by atoms with Crippen molar-refractivity contribution in [3.8, 4) is 5.75 Å². The van der Waals surface area contributed by atoms with E-state index in [9.17, 15) is 13.2 Å². The van der Waals surface area contributed by atoms with Crippen LogP contribution in [0.15, 0.2) is 29.2 Å². The molecule has 0 heterocycles. The van der Waals surface area contributed by atoms with E-state index in [1.807, 2.05) is 0 Å². The molecule has 0 aliphatic rings. The normalized spacial score (nSPS) is 11.1. The molecule has 0 aliphatic heterocycles. The number of aldehydes is 1. The first-order valence-corrected chi connectivity index (χ1v) is 7.30. The summed E-state index contributed by atoms with van der Waals surface area (Å²) in [4.78, 5) is 10.4. The van der Waals surface area contributed by atoms with E-state index in [1.54, 1.807) is 12.1 Å². The lowest BCUT2D eigenvalue weighted by Gasteiger charge is -2.05. The van der Waals surface area contributed by atoms with Crippen molar-refractivity contribution in [3.05, 3.63) is 24.3 Å². The molecule has 0 spiro atoms. The third kappa shape index (κ3) is 4.99. The molecule has 1 aromatic rings. The number of ether oxygens (including phenoxy) is 1. The fourth-order valence-corrected chi connectivity index (χ4v) is 1.93. The largest absolute Gasteiger partial charge is 0.494 e. The van der Waals surface area contributed by atoms with Gasteiger partial charge in [-0.2, -0.15) is 0 Å². The number of sulfone groups is 1. The van der Waals surface area contributed by atoms with Gasteiger partial charge in [-0.3, -0.25) is 0 Å². The predicted molar refractivity (Wildman–Crippen MR) is 65.0 cm³/mol. The van der Waals surface area contributed by atoms with Crippen LogP contribution in [0.3, 0.4) is 0 Å². The van der Waals surface area contributed by atoms with Gasteiger partial charge in [-0.15, -0.1) is 0 Å². The number of hydrogen-bond donors (Lipinski definition) is 0. The smallest absolute Gasteiger partial charge is 0.175 e. The molecule has 0 radical (unpaired) electrons. The van der Waals surface area contributed by atoms with Gasteiger partial charge in [0.15, 0.2) is 9.84 Å². The van der Waals surface area contributed by atoms with Crippen molar-refractivity contribution in [1.82, 2.24) is 0 Å². The number of carbonyl (C=O) groups excluding carboxylic acids is 1. The molecule has 0 fully saturated rings. The zero-order valence-electron chi connectivity index (χ0n) is 9.76. The van der Waals surface area contributed by atoms with E-state index < -0.39 is 9.84 Å². The van der Waals surface area contributed by atoms with Gasteiger partial charge in [0.25, 0.3) is 0 Å². The first-order valence-electron chi connectivity index (χ1n) is 5.40. The van der Waals surface area contributed by atoms with Crippen LogP contribution in [0.4, 0.5) is 0 Å². The number of carbonyl (C=O) groups is 1. The van der Waals surface area contributed by atoms with E-state index in [2.05, 4.69) is 0 Å². The summed E-state index contributed by atoms with van der Waals surface area (Å²) in [5, 5.41) is 0. The fourth-order valence-electron chi connectivity index (χ4n) is 1.30. The Morgan fingerprint density at radius 3 is 2.35 bits per heavy atom. The third-order valence-corrected chi connectivity index (χ3v) is 3.37. The second-order valence-electron chi connectivity index (χ2n) is 3.75. The van der Waals surface area contributed by atoms with E-state index in [0.29, 0.717) is 18.8 Å². The molecular formula is C12H16O4S. The lowest BCUT2D eigenvalue weighted by Crippen LogP contribution is -1.99. The van der Waals surface area contributed by atoms with Crippen LogP contribution >= 0.6 is 0 Å². The Morgan fingerprint density at radius 1 is 1.18 bits per heavy atom. The van der Waals surface area contributed by atoms with Crippen LogP contribution in [0.2, 0.25) is 0 Å². The van der Waals surface area contributed by atoms with E-state index >= 15 is 0 Å². The summed E-state index contributed by atoms with van der Waals surface area (Å²) < 4.78 is 27.8. The van der Waals surface area contributed by atoms with Gasteiger partial charge in [-0.05, 0) is 37.1 Å². The second-order valence-corrected chi connectivity index (χ2v) is 5.77. The molecule has 17 heavy (non-hydrogen) atoms. The van der Waals surface area contributed by atoms with Crippen LogP contribution in [0, 0.1) is 0 Å². The highest BCUT2D eigenvalue weighted by Crippen LogP contribution is 2.16. The standard InChI is InChI=1S/C12H16O4S/c1-17(14,15)12-7-5-11(6-8-12)16-10-4-2-3-9-13/h5-9H,2-4,10H2,1H3. The summed E-state index contributed by atoms with van der Waals surface area (Å²) in [6.45, 7) is 0.534. The van der Waals surface area contributed by atoms with Crippen molar-refractivity contribution in [2.45, 2.75) is 24.2 Å². The molecule has 0 saturated heterocycles. The Balaban J connectivity index is 2.44. The highest BCUT2D eigenvalue weighted by molar-refractivity contribution is 7.90. The van der Waals surface area contributed by atoms with Gasteiger partial charge < -0.3 is 9.53 Å². The van der Waals surface area contributed by atoms with Crippen molar-refractivity contribution in [2.75, 3.05) is 12.9 Å². The summed E-state index contributed by atoms with van der Waals surface area (Å²) in [5.74, 6) is 0.642. The Morgan fingerprint density at radius 2 is 1.82 bits per heavy atom. The van der Waals surface area contributed by atoms with E-state index in [-0.39, 0.29) is 4.90 Å². The van der Waals surface area contributed by atoms with Gasteiger partial charge in [0.05, 0.1) is 11.5 Å². The molecule has 0 amide bonds. The average molecular weight is 256 g/mol. The number of rotatable bonds is 7. The maximum atomic E-state index is 11.2. The maximum Gasteiger partial charge on any atom is 0.175 e. The van der Waals surface area contributed by atoms with Crippen LogP contribution in [0.25, 0.3) is 0 Å². The van der Waals surface area contributed by atoms with Gasteiger partial charge in [0.1, 0.15) is 12.0 Å². The first kappa shape index (κ1) is 13.7.